The Labute approximate surface area is 109 Å². The number of allylic oxidation sites excluding steroid dienone is 5. The van der Waals surface area contributed by atoms with Crippen LogP contribution in [0.3, 0.4) is 0 Å². The number of rotatable bonds is 3. The van der Waals surface area contributed by atoms with Gasteiger partial charge in [-0.3, -0.25) is 0 Å². The van der Waals surface area contributed by atoms with E-state index in [0.717, 1.165) is 18.9 Å². The predicted molar refractivity (Wildman–Crippen MR) is 72.1 cm³/mol. The fraction of sp³-hybridized carbons (Fsp3) is 0.625. The lowest BCUT2D eigenvalue weighted by molar-refractivity contribution is -0.155. The van der Waals surface area contributed by atoms with Crippen LogP contribution in [0.2, 0.25) is 0 Å². The highest BCUT2D eigenvalue weighted by Crippen LogP contribution is 2.38. The molecular weight excluding hydrogens is 224 g/mol. The van der Waals surface area contributed by atoms with Crippen molar-refractivity contribution in [3.63, 3.8) is 0 Å². The first-order valence-electron chi connectivity index (χ1n) is 7.19. The van der Waals surface area contributed by atoms with Crippen LogP contribution in [-0.4, -0.2) is 19.5 Å². The minimum absolute atomic E-state index is 0.0367. The van der Waals surface area contributed by atoms with Crippen molar-refractivity contribution in [2.24, 2.45) is 11.8 Å². The lowest BCUT2D eigenvalue weighted by atomic mass is 10.0. The van der Waals surface area contributed by atoms with Crippen molar-refractivity contribution in [2.75, 3.05) is 13.2 Å². The second kappa shape index (κ2) is 5.85. The van der Waals surface area contributed by atoms with Gasteiger partial charge in [-0.15, -0.1) is 0 Å². The summed E-state index contributed by atoms with van der Waals surface area (Å²) >= 11 is 0. The van der Waals surface area contributed by atoms with Crippen molar-refractivity contribution in [1.82, 2.24) is 0 Å². The molecule has 1 saturated heterocycles. The van der Waals surface area contributed by atoms with Crippen LogP contribution < -0.4 is 0 Å². The molecule has 0 aromatic carbocycles. The molecule has 1 unspecified atom stereocenters. The first-order valence-corrected chi connectivity index (χ1v) is 7.19. The molecule has 1 saturated carbocycles. The zero-order chi connectivity index (χ0) is 12.2. The Kier molecular flexibility index (Phi) is 3.96. The van der Waals surface area contributed by atoms with Crippen LogP contribution in [0.5, 0.6) is 0 Å². The largest absolute Gasteiger partial charge is 0.353 e. The third-order valence-electron chi connectivity index (χ3n) is 4.13. The summed E-state index contributed by atoms with van der Waals surface area (Å²) < 4.78 is 11.4. The highest BCUT2D eigenvalue weighted by Gasteiger charge is 2.26. The van der Waals surface area contributed by atoms with E-state index in [9.17, 15) is 0 Å². The van der Waals surface area contributed by atoms with Crippen LogP contribution in [0.15, 0.2) is 36.0 Å². The molecule has 0 aromatic rings. The molecule has 98 valence electrons. The molecule has 18 heavy (non-hydrogen) atoms. The van der Waals surface area contributed by atoms with E-state index in [2.05, 4.69) is 30.4 Å². The molecule has 0 spiro atoms. The molecule has 0 aromatic heterocycles. The summed E-state index contributed by atoms with van der Waals surface area (Å²) in [7, 11) is 0. The van der Waals surface area contributed by atoms with Gasteiger partial charge in [0.1, 0.15) is 0 Å². The van der Waals surface area contributed by atoms with E-state index in [1.807, 2.05) is 0 Å². The summed E-state index contributed by atoms with van der Waals surface area (Å²) in [6.07, 6.45) is 17.3. The van der Waals surface area contributed by atoms with Crippen molar-refractivity contribution < 1.29 is 9.47 Å². The van der Waals surface area contributed by atoms with Gasteiger partial charge in [0.15, 0.2) is 6.29 Å². The molecule has 2 fully saturated rings. The van der Waals surface area contributed by atoms with Gasteiger partial charge in [0.05, 0.1) is 6.61 Å². The van der Waals surface area contributed by atoms with Gasteiger partial charge in [-0.1, -0.05) is 36.0 Å². The van der Waals surface area contributed by atoms with E-state index in [-0.39, 0.29) is 6.29 Å². The maximum atomic E-state index is 5.78. The first-order chi connectivity index (χ1) is 8.92. The number of hydrogen-bond donors (Lipinski definition) is 0. The normalized spacial score (nSPS) is 37.1. The minimum atomic E-state index is 0.0367. The Morgan fingerprint density at radius 1 is 1.28 bits per heavy atom. The Balaban J connectivity index is 1.51. The smallest absolute Gasteiger partial charge is 0.157 e. The number of hydrogen-bond acceptors (Lipinski definition) is 2. The molecule has 1 aliphatic heterocycles. The van der Waals surface area contributed by atoms with Crippen LogP contribution in [0.1, 0.15) is 32.1 Å². The second-order valence-electron chi connectivity index (χ2n) is 5.48. The van der Waals surface area contributed by atoms with E-state index in [0.29, 0.717) is 12.5 Å². The Bertz CT molecular complexity index is 361. The SMILES string of the molecule is C1=C[C@@H]2C/C(=C\COC3CCCCO3)[C@H](C=C1)C2. The predicted octanol–water partition coefficient (Wildman–Crippen LogP) is 3.61. The Morgan fingerprint density at radius 2 is 2.22 bits per heavy atom. The summed E-state index contributed by atoms with van der Waals surface area (Å²) in [6, 6.07) is 0. The summed E-state index contributed by atoms with van der Waals surface area (Å²) in [5, 5.41) is 0. The van der Waals surface area contributed by atoms with Crippen molar-refractivity contribution in [2.45, 2.75) is 38.4 Å². The van der Waals surface area contributed by atoms with Gasteiger partial charge in [-0.25, -0.2) is 0 Å². The van der Waals surface area contributed by atoms with Crippen LogP contribution in [-0.2, 0) is 9.47 Å². The van der Waals surface area contributed by atoms with Crippen molar-refractivity contribution in [3.05, 3.63) is 36.0 Å². The van der Waals surface area contributed by atoms with E-state index >= 15 is 0 Å². The maximum Gasteiger partial charge on any atom is 0.157 e. The van der Waals surface area contributed by atoms with Crippen LogP contribution in [0.25, 0.3) is 0 Å². The van der Waals surface area contributed by atoms with Gasteiger partial charge in [-0.2, -0.15) is 0 Å². The molecule has 0 amide bonds. The summed E-state index contributed by atoms with van der Waals surface area (Å²) in [5.74, 6) is 1.38. The summed E-state index contributed by atoms with van der Waals surface area (Å²) in [5.41, 5.74) is 1.55. The van der Waals surface area contributed by atoms with Gasteiger partial charge in [0.25, 0.3) is 0 Å². The molecule has 1 heterocycles. The molecule has 0 N–H and O–H groups in total. The third-order valence-corrected chi connectivity index (χ3v) is 4.13. The van der Waals surface area contributed by atoms with Crippen LogP contribution in [0.4, 0.5) is 0 Å². The Hall–Kier alpha value is -0.860. The number of fused-ring (bicyclic) bond motifs is 2. The molecule has 3 rings (SSSR count). The average Bonchev–Trinajstić information content (AvgIpc) is 2.62. The Morgan fingerprint density at radius 3 is 3.11 bits per heavy atom. The molecule has 3 aliphatic rings. The molecular formula is C16H22O2. The molecule has 0 radical (unpaired) electrons. The monoisotopic (exact) mass is 246 g/mol. The van der Waals surface area contributed by atoms with Crippen molar-refractivity contribution in [1.29, 1.82) is 0 Å². The highest BCUT2D eigenvalue weighted by atomic mass is 16.7. The van der Waals surface area contributed by atoms with Crippen molar-refractivity contribution in [3.8, 4) is 0 Å². The lowest BCUT2D eigenvalue weighted by Crippen LogP contribution is -2.22. The van der Waals surface area contributed by atoms with E-state index in [4.69, 9.17) is 9.47 Å². The quantitative estimate of drug-likeness (QED) is 0.708. The fourth-order valence-corrected chi connectivity index (χ4v) is 3.12. The zero-order valence-corrected chi connectivity index (χ0v) is 10.9. The van der Waals surface area contributed by atoms with Gasteiger partial charge >= 0.3 is 0 Å². The summed E-state index contributed by atoms with van der Waals surface area (Å²) in [6.45, 7) is 1.57. The maximum absolute atomic E-state index is 5.78. The highest BCUT2D eigenvalue weighted by molar-refractivity contribution is 5.26. The van der Waals surface area contributed by atoms with Gasteiger partial charge in [-0.05, 0) is 43.9 Å². The van der Waals surface area contributed by atoms with Gasteiger partial charge in [0, 0.05) is 6.61 Å². The average molecular weight is 246 g/mol. The van der Waals surface area contributed by atoms with Gasteiger partial charge in [0.2, 0.25) is 0 Å². The van der Waals surface area contributed by atoms with Crippen LogP contribution >= 0.6 is 0 Å². The topological polar surface area (TPSA) is 18.5 Å². The van der Waals surface area contributed by atoms with E-state index < -0.39 is 0 Å². The summed E-state index contributed by atoms with van der Waals surface area (Å²) in [4.78, 5) is 0. The molecule has 2 bridgehead atoms. The minimum Gasteiger partial charge on any atom is -0.353 e. The van der Waals surface area contributed by atoms with E-state index in [1.165, 1.54) is 25.7 Å². The first kappa shape index (κ1) is 12.2. The standard InChI is InChI=1S/C16H22O2/c1-2-6-14-11-13(5-1)12-15(14)8-10-18-16-7-3-4-9-17-16/h1-2,5-6,8,13-14,16H,3-4,7,9-12H2/b15-8+/t13-,14+,16?/m0/s1. The van der Waals surface area contributed by atoms with Gasteiger partial charge < -0.3 is 9.47 Å². The second-order valence-corrected chi connectivity index (χ2v) is 5.48. The molecule has 2 aliphatic carbocycles. The van der Waals surface area contributed by atoms with E-state index in [1.54, 1.807) is 5.57 Å². The molecule has 2 heteroatoms. The van der Waals surface area contributed by atoms with Crippen LogP contribution in [0, 0.1) is 11.8 Å². The fourth-order valence-electron chi connectivity index (χ4n) is 3.12. The third kappa shape index (κ3) is 2.93. The molecule has 3 atom stereocenters. The molecule has 2 nitrogen and oxygen atoms in total. The number of ether oxygens (including phenoxy) is 2. The zero-order valence-electron chi connectivity index (χ0n) is 10.9. The lowest BCUT2D eigenvalue weighted by Gasteiger charge is -2.22. The van der Waals surface area contributed by atoms with Crippen molar-refractivity contribution >= 4 is 0 Å².